The molecular formula is C59H59N5. The molecule has 0 bridgehead atoms. The Kier molecular flexibility index (Phi) is 14.9. The zero-order valence-corrected chi connectivity index (χ0v) is 38.6. The molecule has 0 fully saturated rings. The number of pyridine rings is 2. The minimum absolute atomic E-state index is 0.853. The van der Waals surface area contributed by atoms with E-state index in [9.17, 15) is 0 Å². The summed E-state index contributed by atoms with van der Waals surface area (Å²) in [4.78, 5) is 20.6. The van der Waals surface area contributed by atoms with Gasteiger partial charge in [-0.1, -0.05) is 149 Å². The van der Waals surface area contributed by atoms with Crippen molar-refractivity contribution >= 4 is 56.3 Å². The number of fused-ring (bicyclic) bond motifs is 5. The topological polar surface area (TPSA) is 62.5 Å². The highest BCUT2D eigenvalue weighted by Gasteiger charge is 2.18. The molecule has 0 aliphatic carbocycles. The molecule has 0 spiro atoms. The third-order valence-electron chi connectivity index (χ3n) is 11.5. The zero-order valence-electron chi connectivity index (χ0n) is 38.6. The third kappa shape index (κ3) is 10.0. The van der Waals surface area contributed by atoms with E-state index in [0.717, 1.165) is 114 Å². The first-order valence-corrected chi connectivity index (χ1v) is 22.8. The molecule has 9 rings (SSSR count). The van der Waals surface area contributed by atoms with Gasteiger partial charge in [0.25, 0.3) is 0 Å². The van der Waals surface area contributed by atoms with Gasteiger partial charge in [0, 0.05) is 45.4 Å². The molecule has 2 aromatic heterocycles. The first-order valence-electron chi connectivity index (χ1n) is 22.8. The SMILES string of the molecule is C/C=C\C(=N/C(=C/C=C(\C)c1ccc2nc(-c3ccc(-c4ccc5ccc6c(c5n4)N=C(c4ccccc4)CC6)cc3)ccc2c1)C(/C)=C\C)c1ccc2c(c1)C=CCN2.CC.CC. The van der Waals surface area contributed by atoms with Crippen LogP contribution >= 0.6 is 0 Å². The van der Waals surface area contributed by atoms with Gasteiger partial charge in [-0.05, 0) is 122 Å². The Morgan fingerprint density at radius 2 is 1.36 bits per heavy atom. The van der Waals surface area contributed by atoms with Gasteiger partial charge in [-0.3, -0.25) is 4.99 Å². The number of aliphatic imine (C=N–C) groups is 2. The monoisotopic (exact) mass is 837 g/mol. The normalized spacial score (nSPS) is 13.9. The van der Waals surface area contributed by atoms with Crippen molar-refractivity contribution in [3.05, 3.63) is 203 Å². The van der Waals surface area contributed by atoms with Gasteiger partial charge in [-0.15, -0.1) is 0 Å². The minimum Gasteiger partial charge on any atom is -0.381 e. The number of rotatable bonds is 9. The maximum absolute atomic E-state index is 5.19. The van der Waals surface area contributed by atoms with Crippen LogP contribution in [-0.2, 0) is 6.42 Å². The van der Waals surface area contributed by atoms with Crippen LogP contribution < -0.4 is 5.32 Å². The molecule has 64 heavy (non-hydrogen) atoms. The van der Waals surface area contributed by atoms with Gasteiger partial charge in [-0.25, -0.2) is 15.0 Å². The molecule has 0 atom stereocenters. The van der Waals surface area contributed by atoms with Gasteiger partial charge in [0.15, 0.2) is 0 Å². The molecule has 5 aromatic carbocycles. The fourth-order valence-electron chi connectivity index (χ4n) is 7.90. The number of aryl methyl sites for hydroxylation is 1. The van der Waals surface area contributed by atoms with E-state index in [1.165, 1.54) is 16.7 Å². The van der Waals surface area contributed by atoms with Crippen LogP contribution in [0.3, 0.4) is 0 Å². The van der Waals surface area contributed by atoms with Crippen molar-refractivity contribution in [3.63, 3.8) is 0 Å². The van der Waals surface area contributed by atoms with Crippen LogP contribution in [0.4, 0.5) is 11.4 Å². The molecule has 0 saturated heterocycles. The summed E-state index contributed by atoms with van der Waals surface area (Å²) in [6.45, 7) is 17.2. The maximum atomic E-state index is 5.19. The van der Waals surface area contributed by atoms with Gasteiger partial charge in [0.05, 0.1) is 39.5 Å². The summed E-state index contributed by atoms with van der Waals surface area (Å²) in [6, 6.07) is 45.0. The van der Waals surface area contributed by atoms with Gasteiger partial charge < -0.3 is 5.32 Å². The molecule has 0 amide bonds. The summed E-state index contributed by atoms with van der Waals surface area (Å²) in [5.41, 5.74) is 19.1. The van der Waals surface area contributed by atoms with E-state index in [4.69, 9.17) is 20.0 Å². The average Bonchev–Trinajstić information content (AvgIpc) is 3.37. The smallest absolute Gasteiger partial charge is 0.0968 e. The fraction of sp³-hybridized carbons (Fsp3) is 0.186. The number of hydrogen-bond donors (Lipinski definition) is 1. The van der Waals surface area contributed by atoms with Crippen molar-refractivity contribution in [1.82, 2.24) is 9.97 Å². The minimum atomic E-state index is 0.853. The Morgan fingerprint density at radius 3 is 2.09 bits per heavy atom. The molecule has 0 radical (unpaired) electrons. The Bertz CT molecular complexity index is 2990. The van der Waals surface area contributed by atoms with Crippen LogP contribution in [0.1, 0.15) is 89.6 Å². The number of anilines is 1. The lowest BCUT2D eigenvalue weighted by atomic mass is 9.95. The summed E-state index contributed by atoms with van der Waals surface area (Å²) in [5, 5.41) is 5.64. The fourth-order valence-corrected chi connectivity index (χ4v) is 7.90. The Balaban J connectivity index is 0.00000149. The lowest BCUT2D eigenvalue weighted by Gasteiger charge is -2.17. The van der Waals surface area contributed by atoms with Crippen molar-refractivity contribution in [1.29, 1.82) is 0 Å². The van der Waals surface area contributed by atoms with Crippen LogP contribution in [0.25, 0.3) is 56.0 Å². The van der Waals surface area contributed by atoms with E-state index >= 15 is 0 Å². The number of allylic oxidation sites excluding steroid dienone is 7. The van der Waals surface area contributed by atoms with Crippen molar-refractivity contribution in [3.8, 4) is 22.5 Å². The van der Waals surface area contributed by atoms with E-state index in [0.29, 0.717) is 0 Å². The number of hydrogen-bond acceptors (Lipinski definition) is 5. The quantitative estimate of drug-likeness (QED) is 0.116. The first-order chi connectivity index (χ1) is 31.4. The molecular weight excluding hydrogens is 779 g/mol. The lowest BCUT2D eigenvalue weighted by Crippen LogP contribution is -2.08. The summed E-state index contributed by atoms with van der Waals surface area (Å²) < 4.78 is 0. The van der Waals surface area contributed by atoms with E-state index in [-0.39, 0.29) is 0 Å². The van der Waals surface area contributed by atoms with Crippen molar-refractivity contribution < 1.29 is 0 Å². The predicted molar refractivity (Wildman–Crippen MR) is 278 cm³/mol. The molecule has 5 nitrogen and oxygen atoms in total. The molecule has 2 aliphatic rings. The molecule has 5 heteroatoms. The highest BCUT2D eigenvalue weighted by Crippen LogP contribution is 2.36. The van der Waals surface area contributed by atoms with E-state index in [1.807, 2.05) is 46.8 Å². The van der Waals surface area contributed by atoms with E-state index in [1.54, 1.807) is 0 Å². The van der Waals surface area contributed by atoms with Gasteiger partial charge in [0.2, 0.25) is 0 Å². The molecule has 7 aromatic rings. The summed E-state index contributed by atoms with van der Waals surface area (Å²) in [6.07, 6.45) is 16.7. The van der Waals surface area contributed by atoms with Crippen LogP contribution in [0.15, 0.2) is 185 Å². The van der Waals surface area contributed by atoms with Gasteiger partial charge in [-0.2, -0.15) is 0 Å². The summed E-state index contributed by atoms with van der Waals surface area (Å²) in [5.74, 6) is 0. The summed E-state index contributed by atoms with van der Waals surface area (Å²) >= 11 is 0. The summed E-state index contributed by atoms with van der Waals surface area (Å²) in [7, 11) is 0. The second-order valence-electron chi connectivity index (χ2n) is 15.4. The van der Waals surface area contributed by atoms with Crippen LogP contribution in [0, 0.1) is 0 Å². The Hall–Kier alpha value is -7.24. The number of aromatic nitrogens is 2. The highest BCUT2D eigenvalue weighted by molar-refractivity contribution is 6.10. The third-order valence-corrected chi connectivity index (χ3v) is 11.5. The van der Waals surface area contributed by atoms with Crippen molar-refractivity contribution in [2.45, 2.75) is 68.2 Å². The van der Waals surface area contributed by atoms with E-state index in [2.05, 4.69) is 184 Å². The van der Waals surface area contributed by atoms with Crippen molar-refractivity contribution in [2.24, 2.45) is 9.98 Å². The zero-order chi connectivity index (χ0) is 45.0. The first kappa shape index (κ1) is 44.8. The molecule has 1 N–H and O–H groups in total. The second kappa shape index (κ2) is 21.2. The molecule has 0 saturated carbocycles. The lowest BCUT2D eigenvalue weighted by molar-refractivity contribution is 1.01. The van der Waals surface area contributed by atoms with Crippen LogP contribution in [0.2, 0.25) is 0 Å². The number of benzene rings is 5. The van der Waals surface area contributed by atoms with Gasteiger partial charge >= 0.3 is 0 Å². The van der Waals surface area contributed by atoms with E-state index < -0.39 is 0 Å². The largest absolute Gasteiger partial charge is 0.381 e. The molecule has 4 heterocycles. The average molecular weight is 838 g/mol. The maximum Gasteiger partial charge on any atom is 0.0968 e. The van der Waals surface area contributed by atoms with Crippen molar-refractivity contribution in [2.75, 3.05) is 11.9 Å². The Morgan fingerprint density at radius 1 is 0.656 bits per heavy atom. The second-order valence-corrected chi connectivity index (χ2v) is 15.4. The Labute approximate surface area is 380 Å². The number of nitrogens with one attached hydrogen (secondary N) is 1. The van der Waals surface area contributed by atoms with Crippen LogP contribution in [-0.4, -0.2) is 27.9 Å². The predicted octanol–water partition coefficient (Wildman–Crippen LogP) is 16.0. The molecule has 2 aliphatic heterocycles. The standard InChI is InChI=1S/C55H47N5.2C2H6/c1-5-11-49(46-25-28-48-44(35-46)14-10-33-56-48)57-47(36(3)6-2)27-15-37(4)43-24-31-53-45(34-43)26-32-50(58-53)39-16-18-40(19-17-39)52-30-23-42-21-20-41-22-29-51(38-12-8-7-9-13-38)59-54(41)55(42)60-52;2*1-2/h5-21,23-28,30-32,34-35,56H,22,29,33H2,1-4H3;2*1-2H3/b11-5-,36-6-,37-15+,47-27+,57-49+;;. The highest BCUT2D eigenvalue weighted by atomic mass is 14.9. The van der Waals surface area contributed by atoms with Crippen LogP contribution in [0.5, 0.6) is 0 Å². The van der Waals surface area contributed by atoms with Gasteiger partial charge in [0.1, 0.15) is 0 Å². The number of nitrogens with zero attached hydrogens (tertiary/aromatic N) is 4. The molecule has 320 valence electrons. The molecule has 0 unspecified atom stereocenters.